The number of benzene rings is 1. The molecule has 15 heavy (non-hydrogen) atoms. The lowest BCUT2D eigenvalue weighted by molar-refractivity contribution is -0.162. The van der Waals surface area contributed by atoms with Gasteiger partial charge in [-0.15, -0.1) is 0 Å². The number of aryl methyl sites for hydroxylation is 1. The van der Waals surface area contributed by atoms with Crippen molar-refractivity contribution in [1.29, 1.82) is 0 Å². The molecule has 0 spiro atoms. The highest BCUT2D eigenvalue weighted by molar-refractivity contribution is 6.11. The number of imide groups is 1. The zero-order valence-electron chi connectivity index (χ0n) is 8.14. The lowest BCUT2D eigenvalue weighted by Gasteiger charge is -2.13. The Labute approximate surface area is 86.7 Å². The van der Waals surface area contributed by atoms with Gasteiger partial charge in [-0.25, -0.2) is 0 Å². The summed E-state index contributed by atoms with van der Waals surface area (Å²) in [5.41, 5.74) is 1.08. The van der Waals surface area contributed by atoms with Gasteiger partial charge in [-0.05, 0) is 19.1 Å². The van der Waals surface area contributed by atoms with Crippen LogP contribution in [0.4, 0.5) is 0 Å². The first-order valence-electron chi connectivity index (χ1n) is 4.47. The first kappa shape index (κ1) is 9.45. The Morgan fingerprint density at radius 3 is 2.07 bits per heavy atom. The Balaban J connectivity index is 2.12. The first-order chi connectivity index (χ1) is 7.16. The molecular formula is C11H9NO3. The second-order valence-corrected chi connectivity index (χ2v) is 3.21. The molecule has 1 aliphatic heterocycles. The Morgan fingerprint density at radius 2 is 1.53 bits per heavy atom. The third-order valence-corrected chi connectivity index (χ3v) is 1.99. The SMILES string of the molecule is Cc1ccc(ON2C(=O)C=CC2=O)cc1. The zero-order valence-corrected chi connectivity index (χ0v) is 8.14. The predicted octanol–water partition coefficient (Wildman–Crippen LogP) is 1.21. The van der Waals surface area contributed by atoms with Crippen molar-refractivity contribution >= 4 is 11.8 Å². The Morgan fingerprint density at radius 1 is 1.00 bits per heavy atom. The number of hydrogen-bond acceptors (Lipinski definition) is 3. The molecule has 4 heteroatoms. The third kappa shape index (κ3) is 1.88. The van der Waals surface area contributed by atoms with Crippen molar-refractivity contribution in [2.24, 2.45) is 0 Å². The normalized spacial score (nSPS) is 14.9. The summed E-state index contributed by atoms with van der Waals surface area (Å²) < 4.78 is 0. The van der Waals surface area contributed by atoms with Crippen molar-refractivity contribution in [3.63, 3.8) is 0 Å². The van der Waals surface area contributed by atoms with E-state index < -0.39 is 11.8 Å². The number of hydrogen-bond donors (Lipinski definition) is 0. The van der Waals surface area contributed by atoms with Gasteiger partial charge in [0.2, 0.25) is 0 Å². The molecule has 1 aliphatic rings. The molecule has 0 aromatic heterocycles. The minimum atomic E-state index is -0.458. The highest BCUT2D eigenvalue weighted by atomic mass is 16.7. The summed E-state index contributed by atoms with van der Waals surface area (Å²) in [6, 6.07) is 7.09. The third-order valence-electron chi connectivity index (χ3n) is 1.99. The van der Waals surface area contributed by atoms with E-state index in [9.17, 15) is 9.59 Å². The van der Waals surface area contributed by atoms with Crippen LogP contribution in [0.5, 0.6) is 5.75 Å². The first-order valence-corrected chi connectivity index (χ1v) is 4.47. The van der Waals surface area contributed by atoms with E-state index in [0.717, 1.165) is 10.6 Å². The van der Waals surface area contributed by atoms with Crippen LogP contribution in [0.3, 0.4) is 0 Å². The fraction of sp³-hybridized carbons (Fsp3) is 0.0909. The van der Waals surface area contributed by atoms with Crippen molar-refractivity contribution in [2.75, 3.05) is 0 Å². The summed E-state index contributed by atoms with van der Waals surface area (Å²) in [6.45, 7) is 1.94. The minimum Gasteiger partial charge on any atom is -0.369 e. The van der Waals surface area contributed by atoms with E-state index >= 15 is 0 Å². The van der Waals surface area contributed by atoms with Crippen molar-refractivity contribution in [1.82, 2.24) is 5.06 Å². The van der Waals surface area contributed by atoms with Gasteiger partial charge in [0, 0.05) is 12.2 Å². The van der Waals surface area contributed by atoms with Crippen LogP contribution in [0.25, 0.3) is 0 Å². The molecule has 4 nitrogen and oxygen atoms in total. The lowest BCUT2D eigenvalue weighted by Crippen LogP contribution is -2.33. The number of carbonyl (C=O) groups is 2. The summed E-state index contributed by atoms with van der Waals surface area (Å²) >= 11 is 0. The lowest BCUT2D eigenvalue weighted by atomic mass is 10.2. The van der Waals surface area contributed by atoms with Crippen LogP contribution < -0.4 is 4.84 Å². The van der Waals surface area contributed by atoms with Crippen LogP contribution in [-0.4, -0.2) is 16.9 Å². The summed E-state index contributed by atoms with van der Waals surface area (Å²) in [5.74, 6) is -0.452. The van der Waals surface area contributed by atoms with Gasteiger partial charge in [-0.3, -0.25) is 9.59 Å². The molecule has 0 unspecified atom stereocenters. The van der Waals surface area contributed by atoms with E-state index in [0.29, 0.717) is 5.75 Å². The molecule has 1 aromatic rings. The van der Waals surface area contributed by atoms with Crippen LogP contribution in [0.2, 0.25) is 0 Å². The Hall–Kier alpha value is -2.10. The number of carbonyl (C=O) groups excluding carboxylic acids is 2. The van der Waals surface area contributed by atoms with Crippen LogP contribution >= 0.6 is 0 Å². The Bertz CT molecular complexity index is 416. The standard InChI is InChI=1S/C11H9NO3/c1-8-2-4-9(5-3-8)15-12-10(13)6-7-11(12)14/h2-7H,1H3. The second-order valence-electron chi connectivity index (χ2n) is 3.21. The number of hydroxylamine groups is 2. The predicted molar refractivity (Wildman–Crippen MR) is 52.8 cm³/mol. The fourth-order valence-electron chi connectivity index (χ4n) is 1.18. The summed E-state index contributed by atoms with van der Waals surface area (Å²) in [4.78, 5) is 27.4. The number of nitrogens with zero attached hydrogens (tertiary/aromatic N) is 1. The molecule has 0 aliphatic carbocycles. The average molecular weight is 203 g/mol. The molecule has 0 atom stereocenters. The molecule has 2 rings (SSSR count). The monoisotopic (exact) mass is 203 g/mol. The van der Waals surface area contributed by atoms with Crippen LogP contribution in [0.1, 0.15) is 5.56 Å². The topological polar surface area (TPSA) is 46.6 Å². The maximum absolute atomic E-state index is 11.1. The molecule has 0 bridgehead atoms. The molecule has 0 fully saturated rings. The smallest absolute Gasteiger partial charge is 0.287 e. The highest BCUT2D eigenvalue weighted by Crippen LogP contribution is 2.15. The number of amides is 2. The van der Waals surface area contributed by atoms with E-state index in [1.165, 1.54) is 12.2 Å². The molecule has 1 heterocycles. The van der Waals surface area contributed by atoms with Crippen molar-refractivity contribution in [3.8, 4) is 5.75 Å². The van der Waals surface area contributed by atoms with Crippen LogP contribution in [0, 0.1) is 6.92 Å². The molecule has 0 saturated carbocycles. The zero-order chi connectivity index (χ0) is 10.8. The summed E-state index contributed by atoms with van der Waals surface area (Å²) in [5, 5.41) is 0.727. The molecule has 1 aromatic carbocycles. The molecule has 0 N–H and O–H groups in total. The Kier molecular flexibility index (Phi) is 2.25. The summed E-state index contributed by atoms with van der Waals surface area (Å²) in [6.07, 6.45) is 2.35. The van der Waals surface area contributed by atoms with Crippen LogP contribution in [0.15, 0.2) is 36.4 Å². The average Bonchev–Trinajstić information content (AvgIpc) is 2.53. The van der Waals surface area contributed by atoms with Gasteiger partial charge in [0.05, 0.1) is 0 Å². The second kappa shape index (κ2) is 3.57. The minimum absolute atomic E-state index is 0.458. The molecule has 0 saturated heterocycles. The van der Waals surface area contributed by atoms with Gasteiger partial charge in [-0.2, -0.15) is 0 Å². The largest absolute Gasteiger partial charge is 0.369 e. The highest BCUT2D eigenvalue weighted by Gasteiger charge is 2.25. The van der Waals surface area contributed by atoms with Crippen LogP contribution in [-0.2, 0) is 9.59 Å². The van der Waals surface area contributed by atoms with E-state index in [2.05, 4.69) is 0 Å². The quantitative estimate of drug-likeness (QED) is 0.679. The molecule has 2 amide bonds. The summed E-state index contributed by atoms with van der Waals surface area (Å²) in [7, 11) is 0. The van der Waals surface area contributed by atoms with Gasteiger partial charge in [0.15, 0.2) is 5.75 Å². The van der Waals surface area contributed by atoms with Gasteiger partial charge in [0.1, 0.15) is 0 Å². The van der Waals surface area contributed by atoms with Crippen molar-refractivity contribution in [2.45, 2.75) is 6.92 Å². The van der Waals surface area contributed by atoms with Gasteiger partial charge in [-0.1, -0.05) is 22.8 Å². The van der Waals surface area contributed by atoms with Gasteiger partial charge in [0.25, 0.3) is 11.8 Å². The van der Waals surface area contributed by atoms with Gasteiger partial charge < -0.3 is 4.84 Å². The fourth-order valence-corrected chi connectivity index (χ4v) is 1.18. The maximum Gasteiger partial charge on any atom is 0.287 e. The maximum atomic E-state index is 11.1. The van der Waals surface area contributed by atoms with Crippen molar-refractivity contribution in [3.05, 3.63) is 42.0 Å². The van der Waals surface area contributed by atoms with E-state index in [-0.39, 0.29) is 0 Å². The van der Waals surface area contributed by atoms with Crippen molar-refractivity contribution < 1.29 is 14.4 Å². The van der Waals surface area contributed by atoms with E-state index in [4.69, 9.17) is 4.84 Å². The molecular weight excluding hydrogens is 194 g/mol. The van der Waals surface area contributed by atoms with Gasteiger partial charge >= 0.3 is 0 Å². The van der Waals surface area contributed by atoms with E-state index in [1.807, 2.05) is 19.1 Å². The molecule has 76 valence electrons. The molecule has 0 radical (unpaired) electrons. The number of rotatable bonds is 2. The van der Waals surface area contributed by atoms with E-state index in [1.54, 1.807) is 12.1 Å².